The Bertz CT molecular complexity index is 975. The summed E-state index contributed by atoms with van der Waals surface area (Å²) in [5.41, 5.74) is 3.56. The van der Waals surface area contributed by atoms with Gasteiger partial charge in [0, 0.05) is 35.8 Å². The maximum absolute atomic E-state index is 12.3. The predicted molar refractivity (Wildman–Crippen MR) is 112 cm³/mol. The van der Waals surface area contributed by atoms with Gasteiger partial charge in [0.15, 0.2) is 0 Å². The van der Waals surface area contributed by atoms with Crippen LogP contribution in [0.2, 0.25) is 0 Å². The Balaban J connectivity index is 1.57. The molecule has 1 aromatic heterocycles. The van der Waals surface area contributed by atoms with E-state index < -0.39 is 0 Å². The van der Waals surface area contributed by atoms with Crippen LogP contribution >= 0.6 is 0 Å². The number of nitrogens with zero attached hydrogens (tertiary/aromatic N) is 1. The van der Waals surface area contributed by atoms with E-state index in [0.29, 0.717) is 24.3 Å². The summed E-state index contributed by atoms with van der Waals surface area (Å²) >= 11 is 0. The maximum atomic E-state index is 12.3. The van der Waals surface area contributed by atoms with E-state index in [-0.39, 0.29) is 11.9 Å². The first-order valence-corrected chi connectivity index (χ1v) is 9.76. The van der Waals surface area contributed by atoms with E-state index in [1.54, 1.807) is 31.2 Å². The largest absolute Gasteiger partial charge is 0.462 e. The summed E-state index contributed by atoms with van der Waals surface area (Å²) in [6.45, 7) is 5.15. The Labute approximate surface area is 165 Å². The summed E-state index contributed by atoms with van der Waals surface area (Å²) in [6, 6.07) is 15.2. The van der Waals surface area contributed by atoms with Crippen LogP contribution in [0.25, 0.3) is 10.9 Å². The lowest BCUT2D eigenvalue weighted by molar-refractivity contribution is -0.116. The molecule has 0 radical (unpaired) electrons. The van der Waals surface area contributed by atoms with Gasteiger partial charge in [0.05, 0.1) is 12.2 Å². The number of benzene rings is 2. The highest BCUT2D eigenvalue weighted by Gasteiger charge is 2.10. The molecule has 3 rings (SSSR count). The third-order valence-corrected chi connectivity index (χ3v) is 4.72. The van der Waals surface area contributed by atoms with Crippen molar-refractivity contribution in [3.05, 3.63) is 65.9 Å². The minimum absolute atomic E-state index is 0.0553. The second-order valence-corrected chi connectivity index (χ2v) is 6.66. The molecule has 0 atom stereocenters. The van der Waals surface area contributed by atoms with E-state index >= 15 is 0 Å². The zero-order valence-electron chi connectivity index (χ0n) is 16.4. The van der Waals surface area contributed by atoms with Crippen molar-refractivity contribution in [1.29, 1.82) is 0 Å². The number of rotatable bonds is 8. The number of para-hydroxylation sites is 1. The molecule has 0 spiro atoms. The third-order valence-electron chi connectivity index (χ3n) is 4.72. The first kappa shape index (κ1) is 19.7. The lowest BCUT2D eigenvalue weighted by Crippen LogP contribution is -2.12. The zero-order valence-corrected chi connectivity index (χ0v) is 16.4. The van der Waals surface area contributed by atoms with Gasteiger partial charge in [-0.15, -0.1) is 0 Å². The molecule has 0 unspecified atom stereocenters. The Hall–Kier alpha value is -3.08. The molecule has 0 bridgehead atoms. The van der Waals surface area contributed by atoms with Crippen molar-refractivity contribution in [2.45, 2.75) is 39.7 Å². The van der Waals surface area contributed by atoms with Crippen molar-refractivity contribution in [1.82, 2.24) is 4.57 Å². The van der Waals surface area contributed by atoms with Gasteiger partial charge in [-0.05, 0) is 56.5 Å². The first-order valence-electron chi connectivity index (χ1n) is 9.76. The van der Waals surface area contributed by atoms with Crippen LogP contribution in [0.5, 0.6) is 0 Å². The van der Waals surface area contributed by atoms with Crippen molar-refractivity contribution in [3.63, 3.8) is 0 Å². The zero-order chi connectivity index (χ0) is 19.9. The number of esters is 1. The van der Waals surface area contributed by atoms with Crippen molar-refractivity contribution in [2.75, 3.05) is 11.9 Å². The van der Waals surface area contributed by atoms with E-state index in [1.165, 1.54) is 16.5 Å². The topological polar surface area (TPSA) is 60.3 Å². The normalized spacial score (nSPS) is 10.8. The van der Waals surface area contributed by atoms with Crippen LogP contribution < -0.4 is 5.32 Å². The average molecular weight is 378 g/mol. The fraction of sp³-hybridized carbons (Fsp3) is 0.304. The number of aryl methyl sites for hydroxylation is 2. The number of hydrogen-bond donors (Lipinski definition) is 1. The number of carbonyl (C=O) groups excluding carboxylic acids is 2. The molecule has 0 fully saturated rings. The van der Waals surface area contributed by atoms with Gasteiger partial charge in [0.2, 0.25) is 5.91 Å². The second kappa shape index (κ2) is 9.22. The Kier molecular flexibility index (Phi) is 6.48. The number of nitrogens with one attached hydrogen (secondary N) is 1. The lowest BCUT2D eigenvalue weighted by Gasteiger charge is -2.07. The maximum Gasteiger partial charge on any atom is 0.338 e. The Morgan fingerprint density at radius 3 is 2.68 bits per heavy atom. The van der Waals surface area contributed by atoms with E-state index in [4.69, 9.17) is 4.74 Å². The molecule has 0 saturated carbocycles. The molecular formula is C23H26N2O3. The summed E-state index contributed by atoms with van der Waals surface area (Å²) in [5, 5.41) is 4.12. The summed E-state index contributed by atoms with van der Waals surface area (Å²) < 4.78 is 7.24. The molecular weight excluding hydrogens is 352 g/mol. The third kappa shape index (κ3) is 4.60. The average Bonchev–Trinajstić information content (AvgIpc) is 3.06. The van der Waals surface area contributed by atoms with Crippen molar-refractivity contribution in [3.8, 4) is 0 Å². The molecule has 0 aliphatic carbocycles. The fourth-order valence-electron chi connectivity index (χ4n) is 3.38. The molecule has 2 aromatic carbocycles. The monoisotopic (exact) mass is 378 g/mol. The van der Waals surface area contributed by atoms with Gasteiger partial charge in [0.25, 0.3) is 0 Å². The SMILES string of the molecule is CCOC(=O)c1cccc(NC(=O)CCCc2cn(CC)c3ccccc23)c1. The van der Waals surface area contributed by atoms with Crippen LogP contribution in [0.15, 0.2) is 54.7 Å². The van der Waals surface area contributed by atoms with Gasteiger partial charge in [-0.3, -0.25) is 4.79 Å². The molecule has 0 saturated heterocycles. The number of fused-ring (bicyclic) bond motifs is 1. The minimum atomic E-state index is -0.383. The number of ether oxygens (including phenoxy) is 1. The van der Waals surface area contributed by atoms with Gasteiger partial charge in [-0.2, -0.15) is 0 Å². The lowest BCUT2D eigenvalue weighted by atomic mass is 10.1. The smallest absolute Gasteiger partial charge is 0.338 e. The Morgan fingerprint density at radius 2 is 1.89 bits per heavy atom. The summed E-state index contributed by atoms with van der Waals surface area (Å²) in [6.07, 6.45) is 4.23. The minimum Gasteiger partial charge on any atom is -0.462 e. The molecule has 1 amide bonds. The molecule has 1 N–H and O–H groups in total. The summed E-state index contributed by atoms with van der Waals surface area (Å²) in [4.78, 5) is 24.1. The van der Waals surface area contributed by atoms with Gasteiger partial charge in [-0.25, -0.2) is 4.79 Å². The molecule has 5 heteroatoms. The Morgan fingerprint density at radius 1 is 1.07 bits per heavy atom. The molecule has 28 heavy (non-hydrogen) atoms. The highest BCUT2D eigenvalue weighted by atomic mass is 16.5. The van der Waals surface area contributed by atoms with Gasteiger partial charge in [0.1, 0.15) is 0 Å². The predicted octanol–water partition coefficient (Wildman–Crippen LogP) is 4.80. The molecule has 0 aliphatic heterocycles. The number of carbonyl (C=O) groups is 2. The van der Waals surface area contributed by atoms with Crippen molar-refractivity contribution >= 4 is 28.5 Å². The van der Waals surface area contributed by atoms with Crippen molar-refractivity contribution in [2.24, 2.45) is 0 Å². The van der Waals surface area contributed by atoms with Gasteiger partial charge < -0.3 is 14.6 Å². The van der Waals surface area contributed by atoms with E-state index in [9.17, 15) is 9.59 Å². The first-order chi connectivity index (χ1) is 13.6. The molecule has 0 aliphatic rings. The molecule has 146 valence electrons. The van der Waals surface area contributed by atoms with Crippen LogP contribution in [-0.2, 0) is 22.5 Å². The van der Waals surface area contributed by atoms with Crippen LogP contribution in [0.3, 0.4) is 0 Å². The summed E-state index contributed by atoms with van der Waals surface area (Å²) in [5.74, 6) is -0.439. The number of amides is 1. The second-order valence-electron chi connectivity index (χ2n) is 6.66. The standard InChI is InChI=1S/C23H26N2O3/c1-3-25-16-18(20-12-5-6-13-21(20)25)10-8-14-22(26)24-19-11-7-9-17(15-19)23(27)28-4-2/h5-7,9,11-13,15-16H,3-4,8,10,14H2,1-2H3,(H,24,26). The van der Waals surface area contributed by atoms with Crippen molar-refractivity contribution < 1.29 is 14.3 Å². The van der Waals surface area contributed by atoms with Crippen LogP contribution in [-0.4, -0.2) is 23.1 Å². The highest BCUT2D eigenvalue weighted by Crippen LogP contribution is 2.23. The van der Waals surface area contributed by atoms with Crippen LogP contribution in [0, 0.1) is 0 Å². The van der Waals surface area contributed by atoms with Gasteiger partial charge >= 0.3 is 5.97 Å². The molecule has 3 aromatic rings. The highest BCUT2D eigenvalue weighted by molar-refractivity contribution is 5.94. The quantitative estimate of drug-likeness (QED) is 0.573. The van der Waals surface area contributed by atoms with Crippen LogP contribution in [0.4, 0.5) is 5.69 Å². The fourth-order valence-corrected chi connectivity index (χ4v) is 3.38. The van der Waals surface area contributed by atoms with E-state index in [2.05, 4.69) is 47.3 Å². The number of aromatic nitrogens is 1. The number of hydrogen-bond acceptors (Lipinski definition) is 3. The number of anilines is 1. The molecule has 1 heterocycles. The molecule has 5 nitrogen and oxygen atoms in total. The van der Waals surface area contributed by atoms with E-state index in [1.807, 2.05) is 0 Å². The van der Waals surface area contributed by atoms with E-state index in [0.717, 1.165) is 19.4 Å². The van der Waals surface area contributed by atoms with Gasteiger partial charge in [-0.1, -0.05) is 24.3 Å². The summed E-state index contributed by atoms with van der Waals surface area (Å²) in [7, 11) is 0. The van der Waals surface area contributed by atoms with Crippen LogP contribution in [0.1, 0.15) is 42.6 Å².